The highest BCUT2D eigenvalue weighted by atomic mass is 16.6. The topological polar surface area (TPSA) is 104 Å². The van der Waals surface area contributed by atoms with Crippen molar-refractivity contribution < 1.29 is 14.5 Å². The van der Waals surface area contributed by atoms with Crippen LogP contribution in [0.2, 0.25) is 0 Å². The highest BCUT2D eigenvalue weighted by molar-refractivity contribution is 5.76. The van der Waals surface area contributed by atoms with Crippen molar-refractivity contribution in [3.05, 3.63) is 52.2 Å². The molecule has 0 spiro atoms. The minimum absolute atomic E-state index is 0.171. The van der Waals surface area contributed by atoms with E-state index in [1.54, 1.807) is 19.2 Å². The fourth-order valence-corrected chi connectivity index (χ4v) is 5.17. The van der Waals surface area contributed by atoms with E-state index in [1.165, 1.54) is 0 Å². The number of likely N-dealkylation sites (tertiary alicyclic amines) is 1. The molecule has 37 heavy (non-hydrogen) atoms. The molecule has 0 unspecified atom stereocenters. The first kappa shape index (κ1) is 26.7. The van der Waals surface area contributed by atoms with E-state index in [4.69, 9.17) is 4.74 Å². The van der Waals surface area contributed by atoms with Crippen LogP contribution >= 0.6 is 0 Å². The summed E-state index contributed by atoms with van der Waals surface area (Å²) in [7, 11) is 1.62. The molecule has 0 radical (unpaired) electrons. The second-order valence-electron chi connectivity index (χ2n) is 9.74. The molecule has 0 bridgehead atoms. The SMILES string of the molecule is CCc1cc(NC2CCN(C(=O)CCCN3CCN(c4ccc(OC)nc4)CC3)CC2)ccc1[N+](=O)[O-]. The number of nitro groups is 1. The molecule has 10 heteroatoms. The number of aryl methyl sites for hydroxylation is 1. The summed E-state index contributed by atoms with van der Waals surface area (Å²) >= 11 is 0. The summed E-state index contributed by atoms with van der Waals surface area (Å²) in [5, 5.41) is 14.7. The number of carbonyl (C=O) groups is 1. The zero-order valence-corrected chi connectivity index (χ0v) is 21.9. The van der Waals surface area contributed by atoms with Crippen molar-refractivity contribution in [1.82, 2.24) is 14.8 Å². The number of nitro benzene ring substituents is 1. The number of amides is 1. The highest BCUT2D eigenvalue weighted by Crippen LogP contribution is 2.25. The number of hydrogen-bond donors (Lipinski definition) is 1. The number of aromatic nitrogens is 1. The summed E-state index contributed by atoms with van der Waals surface area (Å²) in [6.07, 6.45) is 5.71. The summed E-state index contributed by atoms with van der Waals surface area (Å²) in [4.78, 5) is 34.7. The van der Waals surface area contributed by atoms with Gasteiger partial charge < -0.3 is 19.9 Å². The van der Waals surface area contributed by atoms with Crippen LogP contribution in [-0.2, 0) is 11.2 Å². The number of piperazine rings is 1. The number of rotatable bonds is 10. The lowest BCUT2D eigenvalue weighted by molar-refractivity contribution is -0.385. The second kappa shape index (κ2) is 12.7. The lowest BCUT2D eigenvalue weighted by atomic mass is 10.0. The molecule has 1 aromatic heterocycles. The number of anilines is 2. The van der Waals surface area contributed by atoms with Gasteiger partial charge in [0.1, 0.15) is 0 Å². The van der Waals surface area contributed by atoms with Crippen molar-refractivity contribution in [2.75, 3.05) is 63.1 Å². The average Bonchev–Trinajstić information content (AvgIpc) is 2.93. The van der Waals surface area contributed by atoms with Gasteiger partial charge >= 0.3 is 0 Å². The number of carbonyl (C=O) groups excluding carboxylic acids is 1. The molecule has 4 rings (SSSR count). The molecule has 2 aliphatic rings. The molecule has 2 aromatic rings. The van der Waals surface area contributed by atoms with E-state index >= 15 is 0 Å². The number of pyridine rings is 1. The molecule has 0 saturated carbocycles. The lowest BCUT2D eigenvalue weighted by Gasteiger charge is -2.36. The smallest absolute Gasteiger partial charge is 0.272 e. The Kier molecular flexibility index (Phi) is 9.16. The first-order valence-corrected chi connectivity index (χ1v) is 13.3. The molecule has 200 valence electrons. The van der Waals surface area contributed by atoms with Gasteiger partial charge in [-0.1, -0.05) is 6.92 Å². The molecular weight excluding hydrogens is 472 g/mol. The van der Waals surface area contributed by atoms with Gasteiger partial charge in [0.25, 0.3) is 5.69 Å². The van der Waals surface area contributed by atoms with Crippen LogP contribution in [0.15, 0.2) is 36.5 Å². The standard InChI is InChI=1S/C27H38N6O4/c1-3-21-19-23(6-8-25(21)33(35)36)29-22-10-13-32(14-11-22)27(34)5-4-12-30-15-17-31(18-16-30)24-7-9-26(37-2)28-20-24/h6-9,19-20,22,29H,3-5,10-18H2,1-2H3. The number of nitrogens with zero attached hydrogens (tertiary/aromatic N) is 5. The van der Waals surface area contributed by atoms with Crippen LogP contribution in [0.25, 0.3) is 0 Å². The second-order valence-corrected chi connectivity index (χ2v) is 9.74. The van der Waals surface area contributed by atoms with E-state index in [0.29, 0.717) is 18.7 Å². The summed E-state index contributed by atoms with van der Waals surface area (Å²) in [6.45, 7) is 8.25. The largest absolute Gasteiger partial charge is 0.481 e. The maximum Gasteiger partial charge on any atom is 0.272 e. The van der Waals surface area contributed by atoms with Gasteiger partial charge in [-0.05, 0) is 50.4 Å². The Balaban J connectivity index is 1.13. The Morgan fingerprint density at radius 3 is 2.51 bits per heavy atom. The third-order valence-electron chi connectivity index (χ3n) is 7.41. The molecular formula is C27H38N6O4. The average molecular weight is 511 g/mol. The van der Waals surface area contributed by atoms with Crippen molar-refractivity contribution in [2.24, 2.45) is 0 Å². The van der Waals surface area contributed by atoms with E-state index in [1.807, 2.05) is 36.2 Å². The molecule has 2 aliphatic heterocycles. The minimum atomic E-state index is -0.326. The number of methoxy groups -OCH3 is 1. The molecule has 2 fully saturated rings. The Morgan fingerprint density at radius 2 is 1.89 bits per heavy atom. The van der Waals surface area contributed by atoms with Gasteiger partial charge in [0.2, 0.25) is 11.8 Å². The predicted octanol–water partition coefficient (Wildman–Crippen LogP) is 3.57. The summed E-state index contributed by atoms with van der Waals surface area (Å²) in [6, 6.07) is 9.45. The fraction of sp³-hybridized carbons (Fsp3) is 0.556. The molecule has 0 aliphatic carbocycles. The first-order chi connectivity index (χ1) is 18.0. The van der Waals surface area contributed by atoms with Crippen molar-refractivity contribution in [1.29, 1.82) is 0 Å². The molecule has 1 aromatic carbocycles. The summed E-state index contributed by atoms with van der Waals surface area (Å²) < 4.78 is 5.14. The normalized spacial score (nSPS) is 17.0. The van der Waals surface area contributed by atoms with Crippen LogP contribution in [0.5, 0.6) is 5.88 Å². The minimum Gasteiger partial charge on any atom is -0.481 e. The van der Waals surface area contributed by atoms with Gasteiger partial charge in [-0.25, -0.2) is 4.98 Å². The van der Waals surface area contributed by atoms with Crippen LogP contribution in [0.4, 0.5) is 17.1 Å². The molecule has 1 N–H and O–H groups in total. The maximum atomic E-state index is 12.8. The molecule has 3 heterocycles. The van der Waals surface area contributed by atoms with Crippen LogP contribution in [0.3, 0.4) is 0 Å². The molecule has 1 amide bonds. The van der Waals surface area contributed by atoms with Crippen molar-refractivity contribution >= 4 is 23.0 Å². The number of benzene rings is 1. The van der Waals surface area contributed by atoms with Gasteiger partial charge in [0.05, 0.1) is 23.9 Å². The van der Waals surface area contributed by atoms with Crippen molar-refractivity contribution in [3.8, 4) is 5.88 Å². The van der Waals surface area contributed by atoms with E-state index in [-0.39, 0.29) is 22.6 Å². The molecule has 2 saturated heterocycles. The highest BCUT2D eigenvalue weighted by Gasteiger charge is 2.24. The van der Waals surface area contributed by atoms with Gasteiger partial charge in [-0.3, -0.25) is 19.8 Å². The predicted molar refractivity (Wildman–Crippen MR) is 144 cm³/mol. The lowest BCUT2D eigenvalue weighted by Crippen LogP contribution is -2.47. The van der Waals surface area contributed by atoms with Crippen LogP contribution in [0, 0.1) is 10.1 Å². The van der Waals surface area contributed by atoms with Gasteiger partial charge in [-0.2, -0.15) is 0 Å². The monoisotopic (exact) mass is 510 g/mol. The zero-order valence-electron chi connectivity index (χ0n) is 21.9. The van der Waals surface area contributed by atoms with E-state index in [0.717, 1.165) is 82.0 Å². The quantitative estimate of drug-likeness (QED) is 0.382. The van der Waals surface area contributed by atoms with E-state index in [9.17, 15) is 14.9 Å². The van der Waals surface area contributed by atoms with Crippen LogP contribution < -0.4 is 15.0 Å². The maximum absolute atomic E-state index is 12.8. The third-order valence-corrected chi connectivity index (χ3v) is 7.41. The molecule has 0 atom stereocenters. The fourth-order valence-electron chi connectivity index (χ4n) is 5.17. The van der Waals surface area contributed by atoms with Crippen molar-refractivity contribution in [3.63, 3.8) is 0 Å². The summed E-state index contributed by atoms with van der Waals surface area (Å²) in [5.41, 5.74) is 2.94. The first-order valence-electron chi connectivity index (χ1n) is 13.3. The van der Waals surface area contributed by atoms with E-state index in [2.05, 4.69) is 20.1 Å². The number of hydrogen-bond acceptors (Lipinski definition) is 8. The van der Waals surface area contributed by atoms with Crippen molar-refractivity contribution in [2.45, 2.75) is 45.1 Å². The third kappa shape index (κ3) is 7.09. The van der Waals surface area contributed by atoms with Gasteiger partial charge in [0.15, 0.2) is 0 Å². The van der Waals surface area contributed by atoms with Crippen LogP contribution in [0.1, 0.15) is 38.2 Å². The number of nitrogens with one attached hydrogen (secondary N) is 1. The Morgan fingerprint density at radius 1 is 1.14 bits per heavy atom. The van der Waals surface area contributed by atoms with Gasteiger partial charge in [0, 0.05) is 75.1 Å². The Hall–Kier alpha value is -3.40. The molecule has 10 nitrogen and oxygen atoms in total. The Bertz CT molecular complexity index is 1050. The number of ether oxygens (including phenoxy) is 1. The van der Waals surface area contributed by atoms with Gasteiger partial charge in [-0.15, -0.1) is 0 Å². The summed E-state index contributed by atoms with van der Waals surface area (Å²) in [5.74, 6) is 0.868. The number of piperidine rings is 1. The zero-order chi connectivity index (χ0) is 26.2. The van der Waals surface area contributed by atoms with Crippen LogP contribution in [-0.4, -0.2) is 84.6 Å². The van der Waals surface area contributed by atoms with E-state index < -0.39 is 0 Å². The Labute approximate surface area is 218 Å².